The van der Waals surface area contributed by atoms with E-state index >= 15 is 0 Å². The predicted octanol–water partition coefficient (Wildman–Crippen LogP) is 12.0. The van der Waals surface area contributed by atoms with Gasteiger partial charge in [-0.1, -0.05) is 0 Å². The van der Waals surface area contributed by atoms with Crippen molar-refractivity contribution in [1.82, 2.24) is 74.4 Å². The molecule has 2 bridgehead atoms. The molecule has 3 atom stereocenters. The number of hydrogen-bond acceptors (Lipinski definition) is 21. The highest BCUT2D eigenvalue weighted by Gasteiger charge is 2.30. The maximum absolute atomic E-state index is 14.1. The van der Waals surface area contributed by atoms with Crippen molar-refractivity contribution >= 4 is 83.7 Å². The van der Waals surface area contributed by atoms with E-state index in [-0.39, 0.29) is 101 Å². The third kappa shape index (κ3) is 18.6. The molecule has 9 aromatic rings. The van der Waals surface area contributed by atoms with Crippen LogP contribution in [0.1, 0.15) is 170 Å². The molecule has 2 amide bonds. The molecule has 26 nitrogen and oxygen atoms in total. The van der Waals surface area contributed by atoms with E-state index < -0.39 is 23.8 Å². The first kappa shape index (κ1) is 74.6. The third-order valence-corrected chi connectivity index (χ3v) is 16.1. The first-order valence-electron chi connectivity index (χ1n) is 29.8. The highest BCUT2D eigenvalue weighted by molar-refractivity contribution is 14.1. The van der Waals surface area contributed by atoms with E-state index in [0.29, 0.717) is 66.6 Å². The Bertz CT molecular complexity index is 4470. The van der Waals surface area contributed by atoms with Crippen LogP contribution in [-0.4, -0.2) is 102 Å². The van der Waals surface area contributed by atoms with Gasteiger partial charge in [0.05, 0.1) is 60.0 Å². The van der Waals surface area contributed by atoms with Crippen molar-refractivity contribution in [2.45, 2.75) is 118 Å². The Morgan fingerprint density at radius 1 is 0.722 bits per heavy atom. The predicted molar refractivity (Wildman–Crippen MR) is 369 cm³/mol. The van der Waals surface area contributed by atoms with Gasteiger partial charge in [-0.15, -0.1) is 0 Å². The van der Waals surface area contributed by atoms with Gasteiger partial charge in [0.15, 0.2) is 17.5 Å². The van der Waals surface area contributed by atoms with Crippen LogP contribution in [0.3, 0.4) is 0 Å². The third-order valence-electron chi connectivity index (χ3n) is 14.3. The Kier molecular flexibility index (Phi) is 25.5. The number of halogens is 6. The zero-order chi connectivity index (χ0) is 71.3. The molecule has 97 heavy (non-hydrogen) atoms. The number of carbonyl (C=O) groups is 2. The van der Waals surface area contributed by atoms with Gasteiger partial charge in [0, 0.05) is 70.2 Å². The minimum absolute atomic E-state index is 0.00432. The summed E-state index contributed by atoms with van der Waals surface area (Å²) in [5, 5.41) is 44.3. The van der Waals surface area contributed by atoms with Crippen molar-refractivity contribution in [2.75, 3.05) is 38.3 Å². The molecule has 0 spiro atoms. The second kappa shape index (κ2) is 33.2. The Morgan fingerprint density at radius 2 is 1.24 bits per heavy atom. The SMILES string of the molecule is CC(C)n1nc(CN(C)C(=O)c2ccc(F)cc2[C@@H](C)Oc2nc(Br)cnc2N)cc1C#N.CC(C)n1nc2c(c1C#N)-c1cnc(N)c(n1)O[C@H](C)c1cc(F)ccc1C(=O)N(C)C2.CNCc1cc(C#N)n(C(C)C)n1.C[C@@H](Oc1nc(Br)cnc1N)c1cc(F)ccc1I. The highest BCUT2D eigenvalue weighted by atomic mass is 127. The van der Waals surface area contributed by atoms with E-state index in [4.69, 9.17) is 36.7 Å². The summed E-state index contributed by atoms with van der Waals surface area (Å²) >= 11 is 8.53. The molecule has 6 aromatic heterocycles. The summed E-state index contributed by atoms with van der Waals surface area (Å²) in [6, 6.07) is 22.4. The number of amides is 2. The van der Waals surface area contributed by atoms with Crippen LogP contribution in [0, 0.1) is 55.0 Å². The van der Waals surface area contributed by atoms with Gasteiger partial charge in [-0.25, -0.2) is 43.1 Å². The van der Waals surface area contributed by atoms with Crippen LogP contribution in [0.25, 0.3) is 11.3 Å². The number of anilines is 3. The van der Waals surface area contributed by atoms with Crippen molar-refractivity contribution in [2.24, 2.45) is 0 Å². The lowest BCUT2D eigenvalue weighted by atomic mass is 10.0. The van der Waals surface area contributed by atoms with Gasteiger partial charge in [-0.3, -0.25) is 23.6 Å². The molecule has 0 saturated heterocycles. The van der Waals surface area contributed by atoms with Gasteiger partial charge in [0.2, 0.25) is 0 Å². The Labute approximate surface area is 588 Å². The molecule has 506 valence electrons. The van der Waals surface area contributed by atoms with E-state index in [1.807, 2.05) is 54.7 Å². The van der Waals surface area contributed by atoms with Crippen molar-refractivity contribution in [3.63, 3.8) is 0 Å². The summed E-state index contributed by atoms with van der Waals surface area (Å²) in [7, 11) is 5.09. The second-order valence-corrected chi connectivity index (χ2v) is 25.4. The molecule has 0 fully saturated rings. The summed E-state index contributed by atoms with van der Waals surface area (Å²) < 4.78 is 65.5. The minimum Gasteiger partial charge on any atom is -0.467 e. The van der Waals surface area contributed by atoms with E-state index in [1.54, 1.807) is 61.0 Å². The highest BCUT2D eigenvalue weighted by Crippen LogP contribution is 2.36. The lowest BCUT2D eigenvalue weighted by molar-refractivity contribution is 0.0771. The fourth-order valence-electron chi connectivity index (χ4n) is 9.69. The van der Waals surface area contributed by atoms with Crippen LogP contribution in [0.2, 0.25) is 0 Å². The lowest BCUT2D eigenvalue weighted by Crippen LogP contribution is -2.28. The molecule has 10 rings (SSSR count). The van der Waals surface area contributed by atoms with Crippen LogP contribution < -0.4 is 36.7 Å². The Morgan fingerprint density at radius 3 is 1.78 bits per heavy atom. The van der Waals surface area contributed by atoms with Gasteiger partial charge in [0.1, 0.15) is 80.3 Å². The van der Waals surface area contributed by atoms with Crippen LogP contribution >= 0.6 is 54.5 Å². The molecular weight excluding hydrogens is 1500 g/mol. The summed E-state index contributed by atoms with van der Waals surface area (Å²) in [6.45, 7) is 17.8. The summed E-state index contributed by atoms with van der Waals surface area (Å²) in [6.07, 6.45) is 2.49. The summed E-state index contributed by atoms with van der Waals surface area (Å²) in [5.74, 6) is -1.38. The lowest BCUT2D eigenvalue weighted by Gasteiger charge is -2.23. The second-order valence-electron chi connectivity index (χ2n) is 22.6. The van der Waals surface area contributed by atoms with Gasteiger partial charge in [-0.05, 0) is 191 Å². The van der Waals surface area contributed by atoms with E-state index in [0.717, 1.165) is 14.8 Å². The monoisotopic (exact) mass is 1570 g/mol. The van der Waals surface area contributed by atoms with E-state index in [9.17, 15) is 33.3 Å². The zero-order valence-electron chi connectivity index (χ0n) is 54.8. The number of nitrogens with one attached hydrogen (secondary N) is 1. The van der Waals surface area contributed by atoms with Crippen LogP contribution in [0.15, 0.2) is 94.5 Å². The number of ether oxygens (including phenoxy) is 3. The van der Waals surface area contributed by atoms with Gasteiger partial charge in [-0.2, -0.15) is 31.1 Å². The number of rotatable bonds is 14. The molecule has 1 aliphatic heterocycles. The van der Waals surface area contributed by atoms with E-state index in [2.05, 4.69) is 123 Å². The first-order valence-corrected chi connectivity index (χ1v) is 32.5. The van der Waals surface area contributed by atoms with Crippen LogP contribution in [0.5, 0.6) is 17.6 Å². The number of benzene rings is 3. The minimum atomic E-state index is -0.746. The largest absolute Gasteiger partial charge is 0.467 e. The maximum atomic E-state index is 14.1. The number of carbonyl (C=O) groups excluding carboxylic acids is 2. The number of nitrogen functional groups attached to an aromatic ring is 3. The van der Waals surface area contributed by atoms with Crippen molar-refractivity contribution in [3.05, 3.63) is 178 Å². The van der Waals surface area contributed by atoms with Crippen LogP contribution in [-0.2, 0) is 19.6 Å². The molecule has 7 N–H and O–H groups in total. The molecule has 3 aromatic carbocycles. The fourth-order valence-corrected chi connectivity index (χ4v) is 11.0. The molecule has 0 unspecified atom stereocenters. The van der Waals surface area contributed by atoms with Crippen molar-refractivity contribution < 1.29 is 37.0 Å². The topological polar surface area (TPSA) is 361 Å². The van der Waals surface area contributed by atoms with E-state index in [1.165, 1.54) is 76.9 Å². The standard InChI is InChI=1S/C22H23BrFN7O2.C22H22FN7O2.C12H10BrFIN3O.C9H14N4/c1-12(2)31-16(9-25)8-15(29-31)11-30(4)22(32)17-6-5-14(24)7-18(17)13(3)33-21-20(26)27-10-19(23)28-21;1-11(2)30-18(8-24)19-16-9-26-20(25)21(27-16)32-12(3)15-7-13(23)5-6-14(15)22(31)29(4)10-17(19)28-30;1-6(8-4-7(14)2-3-9(8)15)19-12-11(16)17-5-10(13)18-12;1-7(2)13-9(5-10)4-8(12-13)6-11-3/h5-8,10,12-13H,11H2,1-4H3,(H2,26,27);5-7,9,11-12H,10H2,1-4H3,(H2,25,26);2-6H,1H3,(H2,16,17);4,7,11H,6H2,1-3H3/t13-;12-;6-;/m111./s1. The fraction of sp³-hybridized carbons (Fsp3) is 0.323. The zero-order valence-corrected chi connectivity index (χ0v) is 60.1. The van der Waals surface area contributed by atoms with Crippen LogP contribution in [0.4, 0.5) is 30.6 Å². The average Bonchev–Trinajstić information content (AvgIpc) is 1.56. The summed E-state index contributed by atoms with van der Waals surface area (Å²) in [5.41, 5.74) is 23.6. The molecule has 0 radical (unpaired) electrons. The van der Waals surface area contributed by atoms with Crippen molar-refractivity contribution in [1.29, 1.82) is 15.8 Å². The molecule has 0 aliphatic carbocycles. The molecular formula is C65H69Br2F3IN21O5. The van der Waals surface area contributed by atoms with Gasteiger partial charge < -0.3 is 46.5 Å². The summed E-state index contributed by atoms with van der Waals surface area (Å²) in [4.78, 5) is 54.3. The number of nitriles is 3. The van der Waals surface area contributed by atoms with Gasteiger partial charge >= 0.3 is 0 Å². The van der Waals surface area contributed by atoms with Crippen molar-refractivity contribution in [3.8, 4) is 47.1 Å². The molecule has 32 heteroatoms. The molecule has 0 saturated carbocycles. The number of nitrogens with two attached hydrogens (primary N) is 3. The number of hydrogen-bond donors (Lipinski definition) is 4. The quantitative estimate of drug-likeness (QED) is 0.0735. The number of nitrogens with zero attached hydrogens (tertiary/aromatic N) is 17. The smallest absolute Gasteiger partial charge is 0.258 e. The Balaban J connectivity index is 0.000000193. The molecule has 1 aliphatic rings. The first-order chi connectivity index (χ1) is 46.0. The Hall–Kier alpha value is -9.82. The van der Waals surface area contributed by atoms with Gasteiger partial charge in [0.25, 0.3) is 29.5 Å². The number of aromatic nitrogens is 12. The number of fused-ring (bicyclic) bond motifs is 5. The average molecular weight is 1570 g/mol. The maximum Gasteiger partial charge on any atom is 0.258 e. The molecule has 7 heterocycles. The normalized spacial score (nSPS) is 13.0.